The van der Waals surface area contributed by atoms with Crippen LogP contribution in [0.2, 0.25) is 0 Å². The monoisotopic (exact) mass is 314 g/mol. The van der Waals surface area contributed by atoms with E-state index in [-0.39, 0.29) is 12.5 Å². The molecule has 23 heavy (non-hydrogen) atoms. The fourth-order valence-electron chi connectivity index (χ4n) is 2.13. The molecule has 0 saturated carbocycles. The van der Waals surface area contributed by atoms with E-state index in [1.54, 1.807) is 36.7 Å². The molecular weight excluding hydrogens is 292 g/mol. The van der Waals surface area contributed by atoms with Crippen LogP contribution in [0.4, 0.5) is 0 Å². The summed E-state index contributed by atoms with van der Waals surface area (Å²) in [7, 11) is 0. The van der Waals surface area contributed by atoms with E-state index in [1.807, 2.05) is 19.1 Å². The van der Waals surface area contributed by atoms with Gasteiger partial charge < -0.3 is 15.2 Å². The first kappa shape index (κ1) is 17.0. The summed E-state index contributed by atoms with van der Waals surface area (Å²) in [4.78, 5) is 16.1. The molecule has 2 N–H and O–H groups in total. The quantitative estimate of drug-likeness (QED) is 0.785. The number of ether oxygens (including phenoxy) is 1. The average Bonchev–Trinajstić information content (AvgIpc) is 2.59. The van der Waals surface area contributed by atoms with Crippen LogP contribution in [0.15, 0.2) is 48.8 Å². The third kappa shape index (κ3) is 5.71. The third-order valence-electron chi connectivity index (χ3n) is 3.34. The van der Waals surface area contributed by atoms with Gasteiger partial charge in [-0.2, -0.15) is 0 Å². The second kappa shape index (κ2) is 8.90. The molecule has 0 aliphatic carbocycles. The van der Waals surface area contributed by atoms with Gasteiger partial charge in [0.1, 0.15) is 12.4 Å². The van der Waals surface area contributed by atoms with Crippen molar-refractivity contribution in [3.63, 3.8) is 0 Å². The maximum Gasteiger partial charge on any atom is 0.251 e. The van der Waals surface area contributed by atoms with Crippen molar-refractivity contribution in [1.29, 1.82) is 0 Å². The smallest absolute Gasteiger partial charge is 0.251 e. The number of benzene rings is 1. The summed E-state index contributed by atoms with van der Waals surface area (Å²) in [6.07, 6.45) is 4.50. The second-order valence-corrected chi connectivity index (χ2v) is 5.33. The molecule has 0 saturated heterocycles. The Morgan fingerprint density at radius 3 is 2.96 bits per heavy atom. The van der Waals surface area contributed by atoms with Gasteiger partial charge in [-0.1, -0.05) is 25.5 Å². The van der Waals surface area contributed by atoms with Gasteiger partial charge in [-0.3, -0.25) is 9.78 Å². The minimum Gasteiger partial charge on any atom is -0.489 e. The van der Waals surface area contributed by atoms with Crippen LogP contribution < -0.4 is 10.1 Å². The number of carbonyl (C=O) groups excluding carboxylic acids is 1. The van der Waals surface area contributed by atoms with E-state index in [2.05, 4.69) is 10.3 Å². The Hall–Kier alpha value is -2.40. The number of nitrogens with one attached hydrogen (secondary N) is 1. The molecule has 2 rings (SSSR count). The van der Waals surface area contributed by atoms with Gasteiger partial charge in [-0.15, -0.1) is 0 Å². The number of pyridine rings is 1. The lowest BCUT2D eigenvalue weighted by Gasteiger charge is -2.11. The van der Waals surface area contributed by atoms with Gasteiger partial charge in [0, 0.05) is 30.1 Å². The first-order chi connectivity index (χ1) is 11.2. The second-order valence-electron chi connectivity index (χ2n) is 5.33. The molecule has 0 aliphatic heterocycles. The summed E-state index contributed by atoms with van der Waals surface area (Å²) in [6.45, 7) is 2.65. The standard InChI is InChI=1S/C18H22N2O3/c1-2-5-16(21)12-20-18(22)15-7-3-8-17(10-15)23-13-14-6-4-9-19-11-14/h3-4,6-11,16,21H,2,5,12-13H2,1H3,(H,20,22). The van der Waals surface area contributed by atoms with E-state index in [0.29, 0.717) is 24.3 Å². The lowest BCUT2D eigenvalue weighted by Crippen LogP contribution is -2.31. The maximum atomic E-state index is 12.1. The predicted octanol–water partition coefficient (Wildman–Crippen LogP) is 2.55. The van der Waals surface area contributed by atoms with Crippen molar-refractivity contribution in [3.05, 3.63) is 59.9 Å². The highest BCUT2D eigenvalue weighted by molar-refractivity contribution is 5.94. The van der Waals surface area contributed by atoms with Crippen LogP contribution in [0.3, 0.4) is 0 Å². The van der Waals surface area contributed by atoms with Gasteiger partial charge in [0.15, 0.2) is 0 Å². The third-order valence-corrected chi connectivity index (χ3v) is 3.34. The Morgan fingerprint density at radius 2 is 2.22 bits per heavy atom. The van der Waals surface area contributed by atoms with Crippen LogP contribution in [0.1, 0.15) is 35.7 Å². The largest absolute Gasteiger partial charge is 0.489 e. The first-order valence-corrected chi connectivity index (χ1v) is 7.77. The van der Waals surface area contributed by atoms with Gasteiger partial charge in [-0.05, 0) is 30.7 Å². The van der Waals surface area contributed by atoms with Gasteiger partial charge >= 0.3 is 0 Å². The number of aromatic nitrogens is 1. The molecule has 1 heterocycles. The predicted molar refractivity (Wildman–Crippen MR) is 88.3 cm³/mol. The lowest BCUT2D eigenvalue weighted by molar-refractivity contribution is 0.0909. The number of aliphatic hydroxyl groups excluding tert-OH is 1. The van der Waals surface area contributed by atoms with Crippen molar-refractivity contribution < 1.29 is 14.6 Å². The van der Waals surface area contributed by atoms with Crippen molar-refractivity contribution in [3.8, 4) is 5.75 Å². The summed E-state index contributed by atoms with van der Waals surface area (Å²) < 4.78 is 5.68. The number of amides is 1. The molecule has 1 atom stereocenters. The number of hydrogen-bond donors (Lipinski definition) is 2. The molecule has 1 amide bonds. The molecule has 0 aliphatic rings. The van der Waals surface area contributed by atoms with Gasteiger partial charge in [-0.25, -0.2) is 0 Å². The molecule has 1 unspecified atom stereocenters. The van der Waals surface area contributed by atoms with Gasteiger partial charge in [0.05, 0.1) is 6.10 Å². The van der Waals surface area contributed by atoms with Crippen LogP contribution >= 0.6 is 0 Å². The molecule has 0 radical (unpaired) electrons. The molecule has 122 valence electrons. The Labute approximate surface area is 136 Å². The normalized spacial score (nSPS) is 11.7. The summed E-state index contributed by atoms with van der Waals surface area (Å²) in [6, 6.07) is 10.8. The van der Waals surface area contributed by atoms with Crippen LogP contribution in [-0.2, 0) is 6.61 Å². The highest BCUT2D eigenvalue weighted by Crippen LogP contribution is 2.15. The highest BCUT2D eigenvalue weighted by atomic mass is 16.5. The van der Waals surface area contributed by atoms with E-state index in [9.17, 15) is 9.90 Å². The molecule has 5 heteroatoms. The summed E-state index contributed by atoms with van der Waals surface area (Å²) in [5.74, 6) is 0.405. The van der Waals surface area contributed by atoms with E-state index in [4.69, 9.17) is 4.74 Å². The number of aliphatic hydroxyl groups is 1. The number of hydrogen-bond acceptors (Lipinski definition) is 4. The molecule has 1 aromatic carbocycles. The SMILES string of the molecule is CCCC(O)CNC(=O)c1cccc(OCc2cccnc2)c1. The van der Waals surface area contributed by atoms with E-state index < -0.39 is 6.10 Å². The Morgan fingerprint density at radius 1 is 1.35 bits per heavy atom. The zero-order valence-corrected chi connectivity index (χ0v) is 13.2. The maximum absolute atomic E-state index is 12.1. The first-order valence-electron chi connectivity index (χ1n) is 7.77. The van der Waals surface area contributed by atoms with E-state index in [1.165, 1.54) is 0 Å². The molecular formula is C18H22N2O3. The topological polar surface area (TPSA) is 71.5 Å². The summed E-state index contributed by atoms with van der Waals surface area (Å²) in [5.41, 5.74) is 1.47. The van der Waals surface area contributed by atoms with Gasteiger partial charge in [0.25, 0.3) is 5.91 Å². The average molecular weight is 314 g/mol. The number of nitrogens with zero attached hydrogens (tertiary/aromatic N) is 1. The zero-order chi connectivity index (χ0) is 16.5. The van der Waals surface area contributed by atoms with Crippen molar-refractivity contribution in [2.45, 2.75) is 32.5 Å². The van der Waals surface area contributed by atoms with Crippen LogP contribution in [-0.4, -0.2) is 28.6 Å². The molecule has 2 aromatic rings. The van der Waals surface area contributed by atoms with Crippen molar-refractivity contribution in [2.75, 3.05) is 6.54 Å². The van der Waals surface area contributed by atoms with Gasteiger partial charge in [0.2, 0.25) is 0 Å². The molecule has 5 nitrogen and oxygen atoms in total. The molecule has 1 aromatic heterocycles. The Bertz CT molecular complexity index is 617. The van der Waals surface area contributed by atoms with Crippen LogP contribution in [0.5, 0.6) is 5.75 Å². The summed E-state index contributed by atoms with van der Waals surface area (Å²) >= 11 is 0. The van der Waals surface area contributed by atoms with Crippen LogP contribution in [0, 0.1) is 0 Å². The summed E-state index contributed by atoms with van der Waals surface area (Å²) in [5, 5.41) is 12.4. The minimum atomic E-state index is -0.506. The van der Waals surface area contributed by atoms with Crippen molar-refractivity contribution >= 4 is 5.91 Å². The highest BCUT2D eigenvalue weighted by Gasteiger charge is 2.09. The van der Waals surface area contributed by atoms with Crippen molar-refractivity contribution in [2.24, 2.45) is 0 Å². The molecule has 0 bridgehead atoms. The van der Waals surface area contributed by atoms with Crippen LogP contribution in [0.25, 0.3) is 0 Å². The fourth-order valence-corrected chi connectivity index (χ4v) is 2.13. The molecule has 0 spiro atoms. The Balaban J connectivity index is 1.89. The van der Waals surface area contributed by atoms with E-state index in [0.717, 1.165) is 12.0 Å². The van der Waals surface area contributed by atoms with E-state index >= 15 is 0 Å². The number of rotatable bonds is 8. The van der Waals surface area contributed by atoms with Crippen molar-refractivity contribution in [1.82, 2.24) is 10.3 Å². The molecule has 0 fully saturated rings. The zero-order valence-electron chi connectivity index (χ0n) is 13.2. The minimum absolute atomic E-state index is 0.216. The lowest BCUT2D eigenvalue weighted by atomic mass is 10.2. The Kier molecular flexibility index (Phi) is 6.56. The number of carbonyl (C=O) groups is 1. The fraction of sp³-hybridized carbons (Fsp3) is 0.333.